The SMILES string of the molecule is I.NC(=NCCC1=CCCC1)Nc1ccc2c(c1)CCC2. The zero-order chi connectivity index (χ0) is 13.8. The summed E-state index contributed by atoms with van der Waals surface area (Å²) >= 11 is 0. The van der Waals surface area contributed by atoms with Gasteiger partial charge < -0.3 is 11.1 Å². The Hall–Kier alpha value is -1.04. The third-order valence-electron chi connectivity index (χ3n) is 4.22. The lowest BCUT2D eigenvalue weighted by atomic mass is 10.1. The normalized spacial score (nSPS) is 17.1. The molecule has 0 spiro atoms. The van der Waals surface area contributed by atoms with E-state index >= 15 is 0 Å². The highest BCUT2D eigenvalue weighted by atomic mass is 127. The average molecular weight is 397 g/mol. The first kappa shape index (κ1) is 16.3. The minimum Gasteiger partial charge on any atom is -0.370 e. The second-order valence-electron chi connectivity index (χ2n) is 5.73. The van der Waals surface area contributed by atoms with Crippen LogP contribution in [-0.4, -0.2) is 12.5 Å². The lowest BCUT2D eigenvalue weighted by Crippen LogP contribution is -2.23. The molecule has 0 unspecified atom stereocenters. The summed E-state index contributed by atoms with van der Waals surface area (Å²) < 4.78 is 0. The van der Waals surface area contributed by atoms with Crippen molar-refractivity contribution in [2.24, 2.45) is 10.7 Å². The van der Waals surface area contributed by atoms with Crippen molar-refractivity contribution in [1.82, 2.24) is 0 Å². The molecule has 1 aromatic carbocycles. The molecule has 3 N–H and O–H groups in total. The number of nitrogens with zero attached hydrogens (tertiary/aromatic N) is 1. The number of hydrogen-bond acceptors (Lipinski definition) is 1. The highest BCUT2D eigenvalue weighted by Crippen LogP contribution is 2.24. The predicted octanol–water partition coefficient (Wildman–Crippen LogP) is 4.02. The summed E-state index contributed by atoms with van der Waals surface area (Å²) in [4.78, 5) is 4.42. The van der Waals surface area contributed by atoms with Gasteiger partial charge in [0.2, 0.25) is 0 Å². The molecule has 4 heteroatoms. The summed E-state index contributed by atoms with van der Waals surface area (Å²) in [6, 6.07) is 6.53. The van der Waals surface area contributed by atoms with E-state index in [0.717, 1.165) is 18.7 Å². The van der Waals surface area contributed by atoms with Crippen LogP contribution in [0.25, 0.3) is 0 Å². The minimum atomic E-state index is 0. The van der Waals surface area contributed by atoms with E-state index in [-0.39, 0.29) is 24.0 Å². The minimum absolute atomic E-state index is 0. The van der Waals surface area contributed by atoms with Crippen LogP contribution in [0.1, 0.15) is 43.2 Å². The Bertz CT molecular complexity index is 549. The van der Waals surface area contributed by atoms with E-state index in [0.29, 0.717) is 5.96 Å². The van der Waals surface area contributed by atoms with E-state index in [1.54, 1.807) is 5.57 Å². The van der Waals surface area contributed by atoms with Crippen LogP contribution < -0.4 is 11.1 Å². The van der Waals surface area contributed by atoms with E-state index in [4.69, 9.17) is 5.73 Å². The van der Waals surface area contributed by atoms with Gasteiger partial charge in [0.1, 0.15) is 0 Å². The fourth-order valence-corrected chi connectivity index (χ4v) is 3.12. The van der Waals surface area contributed by atoms with Crippen molar-refractivity contribution in [2.75, 3.05) is 11.9 Å². The topological polar surface area (TPSA) is 50.4 Å². The van der Waals surface area contributed by atoms with Gasteiger partial charge in [0.25, 0.3) is 0 Å². The Morgan fingerprint density at radius 1 is 1.14 bits per heavy atom. The summed E-state index contributed by atoms with van der Waals surface area (Å²) in [6.07, 6.45) is 10.9. The standard InChI is InChI=1S/C17H23N3.HI/c18-17(19-11-10-13-4-1-2-5-13)20-16-9-8-14-6-3-7-15(14)12-16;/h4,8-9,12H,1-3,5-7,10-11H2,(H3,18,19,20);1H. The molecular formula is C17H24IN3. The van der Waals surface area contributed by atoms with Gasteiger partial charge in [0.15, 0.2) is 5.96 Å². The first-order valence-corrected chi connectivity index (χ1v) is 7.68. The molecule has 0 radical (unpaired) electrons. The highest BCUT2D eigenvalue weighted by molar-refractivity contribution is 14.0. The molecule has 0 saturated carbocycles. The van der Waals surface area contributed by atoms with E-state index in [1.807, 2.05) is 0 Å². The van der Waals surface area contributed by atoms with Gasteiger partial charge in [-0.2, -0.15) is 0 Å². The van der Waals surface area contributed by atoms with Gasteiger partial charge in [-0.3, -0.25) is 4.99 Å². The van der Waals surface area contributed by atoms with Gasteiger partial charge in [-0.05, 0) is 68.2 Å². The van der Waals surface area contributed by atoms with Gasteiger partial charge in [-0.25, -0.2) is 0 Å². The van der Waals surface area contributed by atoms with Crippen LogP contribution in [0, 0.1) is 0 Å². The molecule has 0 heterocycles. The molecular weight excluding hydrogens is 373 g/mol. The van der Waals surface area contributed by atoms with Crippen molar-refractivity contribution in [3.63, 3.8) is 0 Å². The molecule has 0 amide bonds. The molecule has 21 heavy (non-hydrogen) atoms. The zero-order valence-electron chi connectivity index (χ0n) is 12.4. The van der Waals surface area contributed by atoms with E-state index in [1.165, 1.54) is 49.7 Å². The van der Waals surface area contributed by atoms with Gasteiger partial charge in [-0.15, -0.1) is 24.0 Å². The van der Waals surface area contributed by atoms with Crippen molar-refractivity contribution < 1.29 is 0 Å². The summed E-state index contributed by atoms with van der Waals surface area (Å²) in [7, 11) is 0. The Morgan fingerprint density at radius 3 is 2.81 bits per heavy atom. The Kier molecular flexibility index (Phi) is 6.08. The van der Waals surface area contributed by atoms with Crippen molar-refractivity contribution >= 4 is 35.6 Å². The number of hydrogen-bond donors (Lipinski definition) is 2. The van der Waals surface area contributed by atoms with Gasteiger partial charge in [-0.1, -0.05) is 17.7 Å². The van der Waals surface area contributed by atoms with Crippen LogP contribution in [0.5, 0.6) is 0 Å². The maximum atomic E-state index is 5.96. The molecule has 0 saturated heterocycles. The Morgan fingerprint density at radius 2 is 2.00 bits per heavy atom. The van der Waals surface area contributed by atoms with Gasteiger partial charge in [0.05, 0.1) is 0 Å². The maximum Gasteiger partial charge on any atom is 0.193 e. The number of rotatable bonds is 4. The van der Waals surface area contributed by atoms with Crippen molar-refractivity contribution in [1.29, 1.82) is 0 Å². The summed E-state index contributed by atoms with van der Waals surface area (Å²) in [5.74, 6) is 0.529. The summed E-state index contributed by atoms with van der Waals surface area (Å²) in [6.45, 7) is 0.787. The number of anilines is 1. The Balaban J connectivity index is 0.00000161. The van der Waals surface area contributed by atoms with E-state index in [2.05, 4.69) is 34.6 Å². The number of aliphatic imine (C=N–C) groups is 1. The summed E-state index contributed by atoms with van der Waals surface area (Å²) in [5, 5.41) is 3.21. The third-order valence-corrected chi connectivity index (χ3v) is 4.22. The smallest absolute Gasteiger partial charge is 0.193 e. The number of nitrogens with two attached hydrogens (primary N) is 1. The van der Waals surface area contributed by atoms with Gasteiger partial charge >= 0.3 is 0 Å². The van der Waals surface area contributed by atoms with Crippen molar-refractivity contribution in [2.45, 2.75) is 44.9 Å². The average Bonchev–Trinajstić information content (AvgIpc) is 3.08. The van der Waals surface area contributed by atoms with Crippen LogP contribution in [-0.2, 0) is 12.8 Å². The van der Waals surface area contributed by atoms with Crippen molar-refractivity contribution in [3.8, 4) is 0 Å². The second kappa shape index (κ2) is 7.82. The highest BCUT2D eigenvalue weighted by Gasteiger charge is 2.10. The number of nitrogens with one attached hydrogen (secondary N) is 1. The first-order valence-electron chi connectivity index (χ1n) is 7.68. The molecule has 2 aliphatic carbocycles. The van der Waals surface area contributed by atoms with Crippen molar-refractivity contribution in [3.05, 3.63) is 41.0 Å². The monoisotopic (exact) mass is 397 g/mol. The lowest BCUT2D eigenvalue weighted by molar-refractivity contribution is 0.850. The first-order chi connectivity index (χ1) is 9.81. The zero-order valence-corrected chi connectivity index (χ0v) is 14.7. The largest absolute Gasteiger partial charge is 0.370 e. The number of halogens is 1. The fourth-order valence-electron chi connectivity index (χ4n) is 3.12. The fraction of sp³-hybridized carbons (Fsp3) is 0.471. The van der Waals surface area contributed by atoms with Gasteiger partial charge in [0, 0.05) is 12.2 Å². The molecule has 3 nitrogen and oxygen atoms in total. The number of guanidine groups is 1. The quantitative estimate of drug-likeness (QED) is 0.349. The molecule has 2 aliphatic rings. The number of aryl methyl sites for hydroxylation is 2. The number of fused-ring (bicyclic) bond motifs is 1. The lowest BCUT2D eigenvalue weighted by Gasteiger charge is -2.08. The Labute approximate surface area is 144 Å². The second-order valence-corrected chi connectivity index (χ2v) is 5.73. The van der Waals surface area contributed by atoms with E-state index in [9.17, 15) is 0 Å². The summed E-state index contributed by atoms with van der Waals surface area (Å²) in [5.41, 5.74) is 11.5. The van der Waals surface area contributed by atoms with Crippen LogP contribution in [0.3, 0.4) is 0 Å². The van der Waals surface area contributed by atoms with Crippen LogP contribution in [0.15, 0.2) is 34.8 Å². The predicted molar refractivity (Wildman–Crippen MR) is 101 cm³/mol. The molecule has 1 aromatic rings. The van der Waals surface area contributed by atoms with E-state index < -0.39 is 0 Å². The number of allylic oxidation sites excluding steroid dienone is 1. The molecule has 0 bridgehead atoms. The molecule has 114 valence electrons. The maximum absolute atomic E-state index is 5.96. The van der Waals surface area contributed by atoms with Crippen LogP contribution >= 0.6 is 24.0 Å². The van der Waals surface area contributed by atoms with Crippen LogP contribution in [0.2, 0.25) is 0 Å². The molecule has 3 rings (SSSR count). The molecule has 0 aliphatic heterocycles. The number of benzene rings is 1. The van der Waals surface area contributed by atoms with Crippen LogP contribution in [0.4, 0.5) is 5.69 Å². The molecule has 0 fully saturated rings. The molecule has 0 aromatic heterocycles. The third kappa shape index (κ3) is 4.46. The molecule has 0 atom stereocenters.